The molecule has 0 aromatic carbocycles. The Hall–Kier alpha value is -3.10. The second kappa shape index (κ2) is 39.7. The third kappa shape index (κ3) is 43.9. The number of esters is 1. The van der Waals surface area contributed by atoms with E-state index in [1.807, 2.05) is 33.3 Å². The fourth-order valence-electron chi connectivity index (χ4n) is 4.80. The Kier molecular flexibility index (Phi) is 37.6. The Morgan fingerprint density at radius 1 is 0.544 bits per heavy atom. The van der Waals surface area contributed by atoms with Gasteiger partial charge in [-0.15, -0.1) is 0 Å². The Morgan fingerprint density at radius 3 is 1.40 bits per heavy atom. The minimum Gasteiger partial charge on any atom is -0.457 e. The molecule has 0 amide bonds. The van der Waals surface area contributed by atoms with Crippen molar-refractivity contribution in [1.82, 2.24) is 0 Å². The van der Waals surface area contributed by atoms with Crippen LogP contribution in [-0.2, 0) is 27.9 Å². The number of hydrogen-bond acceptors (Lipinski definition) is 6. The van der Waals surface area contributed by atoms with Crippen molar-refractivity contribution in [3.63, 3.8) is 0 Å². The SMILES string of the molecule is CC/C=C\C/C=C\C/C=C\C/C=C\C/C=C\C/C=C\CCC(=O)OC(COCCCCC/C=C\C/C=C\C/C=C\C/C=C\CC)COP(=O)(O)OCC[N+](C)(C)C. The summed E-state index contributed by atoms with van der Waals surface area (Å²) in [7, 11) is 1.57. The summed E-state index contributed by atoms with van der Waals surface area (Å²) in [5.74, 6) is -0.414. The molecule has 9 heteroatoms. The third-order valence-electron chi connectivity index (χ3n) is 8.03. The molecule has 0 heterocycles. The molecule has 2 unspecified atom stereocenters. The third-order valence-corrected chi connectivity index (χ3v) is 9.02. The largest absolute Gasteiger partial charge is 0.472 e. The van der Waals surface area contributed by atoms with E-state index >= 15 is 0 Å². The van der Waals surface area contributed by atoms with Crippen molar-refractivity contribution in [2.24, 2.45) is 0 Å². The number of carbonyl (C=O) groups excluding carboxylic acids is 1. The summed E-state index contributed by atoms with van der Waals surface area (Å²) in [6.07, 6.45) is 56.8. The molecule has 0 saturated heterocycles. The fraction of sp³-hybridized carbons (Fsp3) is 0.562. The molecule has 2 atom stereocenters. The molecule has 8 nitrogen and oxygen atoms in total. The van der Waals surface area contributed by atoms with E-state index < -0.39 is 19.9 Å². The van der Waals surface area contributed by atoms with E-state index in [2.05, 4.69) is 123 Å². The number of ether oxygens (including phenoxy) is 2. The summed E-state index contributed by atoms with van der Waals surface area (Å²) < 4.78 is 34.8. The number of allylic oxidation sites excluding steroid dienone is 20. The standard InChI is InChI=1S/C48H78NO7P/c1-6-8-10-12-14-16-18-20-22-24-25-26-27-29-31-33-35-37-39-41-48(50)56-47(46-55-57(51,52)54-44-42-49(3,4)5)45-53-43-40-38-36-34-32-30-28-23-21-19-17-15-13-11-9-7-2/h8-11,14-17,20-23,25-26,29-32,35,37,47H,6-7,12-13,18-19,24,27-28,33-34,36,38-46H2,1-5H3/p+1/b10-8-,11-9-,16-14-,17-15-,22-20-,23-21-,26-25-,31-29-,32-30-,37-35-. The maximum Gasteiger partial charge on any atom is 0.472 e. The average molecular weight is 813 g/mol. The summed E-state index contributed by atoms with van der Waals surface area (Å²) in [5.41, 5.74) is 0. The lowest BCUT2D eigenvalue weighted by Crippen LogP contribution is -2.37. The van der Waals surface area contributed by atoms with Crippen LogP contribution in [0.2, 0.25) is 0 Å². The van der Waals surface area contributed by atoms with Gasteiger partial charge < -0.3 is 18.9 Å². The van der Waals surface area contributed by atoms with Crippen molar-refractivity contribution in [2.45, 2.75) is 123 Å². The van der Waals surface area contributed by atoms with Gasteiger partial charge in [-0.3, -0.25) is 13.8 Å². The molecule has 0 aromatic heterocycles. The number of likely N-dealkylation sites (N-methyl/N-ethyl adjacent to an activating group) is 1. The molecule has 0 bridgehead atoms. The highest BCUT2D eigenvalue weighted by atomic mass is 31.2. The summed E-state index contributed by atoms with van der Waals surface area (Å²) in [6, 6.07) is 0. The number of phosphoric ester groups is 1. The van der Waals surface area contributed by atoms with Gasteiger partial charge in [-0.25, -0.2) is 4.57 Å². The lowest BCUT2D eigenvalue weighted by atomic mass is 10.2. The summed E-state index contributed by atoms with van der Waals surface area (Å²) in [6.45, 7) is 5.16. The van der Waals surface area contributed by atoms with Crippen molar-refractivity contribution in [3.05, 3.63) is 122 Å². The van der Waals surface area contributed by atoms with E-state index in [-0.39, 0.29) is 26.2 Å². The van der Waals surface area contributed by atoms with Crippen LogP contribution in [0.25, 0.3) is 0 Å². The van der Waals surface area contributed by atoms with Gasteiger partial charge >= 0.3 is 13.8 Å². The maximum absolute atomic E-state index is 12.7. The molecular formula is C48H79NO7P+. The van der Waals surface area contributed by atoms with Crippen LogP contribution < -0.4 is 0 Å². The zero-order valence-corrected chi connectivity index (χ0v) is 37.2. The maximum atomic E-state index is 12.7. The molecule has 0 aliphatic carbocycles. The van der Waals surface area contributed by atoms with Gasteiger partial charge in [0.1, 0.15) is 19.3 Å². The van der Waals surface area contributed by atoms with Crippen LogP contribution in [0.15, 0.2) is 122 Å². The number of carbonyl (C=O) groups is 1. The summed E-state index contributed by atoms with van der Waals surface area (Å²) in [4.78, 5) is 22.8. The summed E-state index contributed by atoms with van der Waals surface area (Å²) >= 11 is 0. The molecule has 0 aliphatic heterocycles. The Balaban J connectivity index is 4.49. The van der Waals surface area contributed by atoms with Gasteiger partial charge in [0.15, 0.2) is 0 Å². The molecule has 1 N–H and O–H groups in total. The van der Waals surface area contributed by atoms with E-state index in [1.165, 1.54) is 0 Å². The van der Waals surface area contributed by atoms with E-state index in [4.69, 9.17) is 18.5 Å². The predicted octanol–water partition coefficient (Wildman–Crippen LogP) is 12.6. The minimum atomic E-state index is -4.31. The first-order chi connectivity index (χ1) is 27.6. The molecular weight excluding hydrogens is 734 g/mol. The quantitative estimate of drug-likeness (QED) is 0.0220. The van der Waals surface area contributed by atoms with Gasteiger partial charge in [-0.2, -0.15) is 0 Å². The second-order valence-corrected chi connectivity index (χ2v) is 16.1. The molecule has 0 radical (unpaired) electrons. The normalized spacial score (nSPS) is 15.0. The smallest absolute Gasteiger partial charge is 0.457 e. The van der Waals surface area contributed by atoms with Gasteiger partial charge in [-0.05, 0) is 89.9 Å². The Bertz CT molecular complexity index is 1310. The fourth-order valence-corrected chi connectivity index (χ4v) is 5.54. The van der Waals surface area contributed by atoms with Crippen molar-refractivity contribution in [3.8, 4) is 0 Å². The topological polar surface area (TPSA) is 91.3 Å². The van der Waals surface area contributed by atoms with Gasteiger partial charge in [0.2, 0.25) is 0 Å². The number of nitrogens with zero attached hydrogens (tertiary/aromatic N) is 1. The van der Waals surface area contributed by atoms with E-state index in [1.54, 1.807) is 0 Å². The molecule has 0 aliphatic rings. The first-order valence-electron chi connectivity index (χ1n) is 21.3. The average Bonchev–Trinajstić information content (AvgIpc) is 3.16. The number of quaternary nitrogens is 1. The van der Waals surface area contributed by atoms with Crippen LogP contribution in [-0.4, -0.2) is 75.6 Å². The molecule has 0 saturated carbocycles. The molecule has 57 heavy (non-hydrogen) atoms. The van der Waals surface area contributed by atoms with E-state index in [0.29, 0.717) is 24.1 Å². The minimum absolute atomic E-state index is 0.0606. The number of phosphoric acid groups is 1. The Labute approximate surface area is 348 Å². The van der Waals surface area contributed by atoms with Crippen molar-refractivity contribution >= 4 is 13.8 Å². The van der Waals surface area contributed by atoms with Gasteiger partial charge in [-0.1, -0.05) is 142 Å². The first kappa shape index (κ1) is 53.9. The van der Waals surface area contributed by atoms with E-state index in [9.17, 15) is 14.3 Å². The lowest BCUT2D eigenvalue weighted by Gasteiger charge is -2.24. The van der Waals surface area contributed by atoms with Crippen LogP contribution >= 0.6 is 7.82 Å². The van der Waals surface area contributed by atoms with Crippen LogP contribution in [0, 0.1) is 0 Å². The molecule has 0 rings (SSSR count). The number of unbranched alkanes of at least 4 members (excludes halogenated alkanes) is 3. The number of hydrogen-bond donors (Lipinski definition) is 1. The lowest BCUT2D eigenvalue weighted by molar-refractivity contribution is -0.870. The van der Waals surface area contributed by atoms with Crippen molar-refractivity contribution in [1.29, 1.82) is 0 Å². The molecule has 0 fully saturated rings. The first-order valence-corrected chi connectivity index (χ1v) is 22.8. The highest BCUT2D eigenvalue weighted by Crippen LogP contribution is 2.43. The predicted molar refractivity (Wildman–Crippen MR) is 242 cm³/mol. The van der Waals surface area contributed by atoms with Crippen LogP contribution in [0.4, 0.5) is 0 Å². The highest BCUT2D eigenvalue weighted by Gasteiger charge is 2.26. The Morgan fingerprint density at radius 2 is 0.965 bits per heavy atom. The van der Waals surface area contributed by atoms with Gasteiger partial charge in [0.25, 0.3) is 0 Å². The van der Waals surface area contributed by atoms with E-state index in [0.717, 1.165) is 89.9 Å². The summed E-state index contributed by atoms with van der Waals surface area (Å²) in [5, 5.41) is 0. The highest BCUT2D eigenvalue weighted by molar-refractivity contribution is 7.47. The van der Waals surface area contributed by atoms with Gasteiger partial charge in [0.05, 0.1) is 34.4 Å². The van der Waals surface area contributed by atoms with Crippen LogP contribution in [0.5, 0.6) is 0 Å². The second-order valence-electron chi connectivity index (χ2n) is 14.6. The van der Waals surface area contributed by atoms with Crippen molar-refractivity contribution in [2.75, 3.05) is 54.1 Å². The van der Waals surface area contributed by atoms with Crippen LogP contribution in [0.3, 0.4) is 0 Å². The molecule has 0 aromatic rings. The number of rotatable bonds is 37. The molecule has 0 spiro atoms. The zero-order valence-electron chi connectivity index (χ0n) is 36.3. The van der Waals surface area contributed by atoms with Crippen LogP contribution in [0.1, 0.15) is 117 Å². The van der Waals surface area contributed by atoms with Gasteiger partial charge in [0, 0.05) is 13.0 Å². The molecule has 322 valence electrons. The monoisotopic (exact) mass is 813 g/mol. The zero-order chi connectivity index (χ0) is 42.0. The van der Waals surface area contributed by atoms with Crippen molar-refractivity contribution < 1.29 is 37.3 Å².